The second kappa shape index (κ2) is 10.1. The number of hydrogen-bond acceptors (Lipinski definition) is 2. The van der Waals surface area contributed by atoms with Crippen molar-refractivity contribution >= 4 is 33.9 Å². The number of thioether (sulfide) groups is 1. The molecule has 0 bridgehead atoms. The lowest BCUT2D eigenvalue weighted by Gasteiger charge is -2.26. The van der Waals surface area contributed by atoms with E-state index in [-0.39, 0.29) is 17.0 Å². The molecule has 2 fully saturated rings. The molecular formula is C15H29BrN2S. The minimum absolute atomic E-state index is 0. The molecule has 0 heterocycles. The largest absolute Gasteiger partial charge is 0.362 e. The van der Waals surface area contributed by atoms with E-state index < -0.39 is 0 Å². The Labute approximate surface area is 133 Å². The summed E-state index contributed by atoms with van der Waals surface area (Å²) in [5, 5.41) is 4.95. The minimum Gasteiger partial charge on any atom is -0.362 e. The molecule has 1 N–H and O–H groups in total. The summed E-state index contributed by atoms with van der Waals surface area (Å²) in [7, 11) is 0. The minimum atomic E-state index is 0. The molecule has 2 aliphatic rings. The molecular weight excluding hydrogens is 320 g/mol. The normalized spacial score (nSPS) is 22.9. The maximum absolute atomic E-state index is 4.99. The van der Waals surface area contributed by atoms with Crippen LogP contribution in [-0.4, -0.2) is 23.0 Å². The number of hydrogen-bond donors (Lipinski definition) is 1. The second-order valence-corrected chi connectivity index (χ2v) is 6.89. The van der Waals surface area contributed by atoms with E-state index in [2.05, 4.69) is 12.2 Å². The molecule has 2 aliphatic carbocycles. The lowest BCUT2D eigenvalue weighted by molar-refractivity contribution is 0.411. The molecule has 0 aromatic rings. The van der Waals surface area contributed by atoms with E-state index in [1.165, 1.54) is 69.4 Å². The Balaban J connectivity index is 0.00000180. The number of nitrogens with one attached hydrogen (secondary N) is 1. The number of nitrogens with zero attached hydrogens (tertiary/aromatic N) is 1. The lowest BCUT2D eigenvalue weighted by Crippen LogP contribution is -2.35. The van der Waals surface area contributed by atoms with E-state index >= 15 is 0 Å². The summed E-state index contributed by atoms with van der Waals surface area (Å²) in [5.41, 5.74) is 0. The zero-order valence-corrected chi connectivity index (χ0v) is 14.7. The van der Waals surface area contributed by atoms with Gasteiger partial charge in [0.25, 0.3) is 0 Å². The topological polar surface area (TPSA) is 24.4 Å². The summed E-state index contributed by atoms with van der Waals surface area (Å²) in [6.07, 6.45) is 13.7. The molecule has 0 aromatic heterocycles. The fraction of sp³-hybridized carbons (Fsp3) is 0.933. The van der Waals surface area contributed by atoms with Crippen molar-refractivity contribution in [2.45, 2.75) is 83.2 Å². The quantitative estimate of drug-likeness (QED) is 0.577. The number of aliphatic imine (C=N–C) groups is 1. The molecule has 0 radical (unpaired) electrons. The van der Waals surface area contributed by atoms with E-state index in [1.54, 1.807) is 0 Å². The average Bonchev–Trinajstić information content (AvgIpc) is 2.41. The van der Waals surface area contributed by atoms with Crippen molar-refractivity contribution in [3.05, 3.63) is 0 Å². The van der Waals surface area contributed by atoms with Crippen molar-refractivity contribution in [1.29, 1.82) is 0 Å². The van der Waals surface area contributed by atoms with Crippen molar-refractivity contribution in [3.8, 4) is 0 Å². The van der Waals surface area contributed by atoms with E-state index in [4.69, 9.17) is 4.99 Å². The van der Waals surface area contributed by atoms with Crippen LogP contribution in [0.2, 0.25) is 0 Å². The SMILES string of the molecule is Br.CCSC(=NC1CCCCC1)NC1CCCCC1. The van der Waals surface area contributed by atoms with E-state index in [9.17, 15) is 0 Å². The summed E-state index contributed by atoms with van der Waals surface area (Å²) >= 11 is 1.90. The number of rotatable bonds is 3. The maximum Gasteiger partial charge on any atom is 0.157 e. The molecule has 0 unspecified atom stereocenters. The van der Waals surface area contributed by atoms with Crippen LogP contribution in [0.4, 0.5) is 0 Å². The van der Waals surface area contributed by atoms with Gasteiger partial charge in [-0.05, 0) is 31.4 Å². The zero-order chi connectivity index (χ0) is 12.6. The van der Waals surface area contributed by atoms with Gasteiger partial charge in [-0.25, -0.2) is 0 Å². The van der Waals surface area contributed by atoms with Crippen molar-refractivity contribution in [2.24, 2.45) is 4.99 Å². The van der Waals surface area contributed by atoms with Crippen LogP contribution in [0.1, 0.15) is 71.1 Å². The Morgan fingerprint density at radius 2 is 1.58 bits per heavy atom. The molecule has 2 rings (SSSR count). The fourth-order valence-corrected chi connectivity index (χ4v) is 3.80. The van der Waals surface area contributed by atoms with Gasteiger partial charge in [0.05, 0.1) is 6.04 Å². The van der Waals surface area contributed by atoms with Crippen LogP contribution in [0.3, 0.4) is 0 Å². The van der Waals surface area contributed by atoms with Gasteiger partial charge >= 0.3 is 0 Å². The van der Waals surface area contributed by atoms with Gasteiger partial charge in [-0.3, -0.25) is 4.99 Å². The summed E-state index contributed by atoms with van der Waals surface area (Å²) in [5.74, 6) is 1.13. The van der Waals surface area contributed by atoms with Crippen LogP contribution in [0.25, 0.3) is 0 Å². The van der Waals surface area contributed by atoms with Crippen molar-refractivity contribution in [3.63, 3.8) is 0 Å². The average molecular weight is 349 g/mol. The zero-order valence-electron chi connectivity index (χ0n) is 12.2. The summed E-state index contributed by atoms with van der Waals surface area (Å²) in [4.78, 5) is 4.99. The molecule has 19 heavy (non-hydrogen) atoms. The highest BCUT2D eigenvalue weighted by Crippen LogP contribution is 2.22. The fourth-order valence-electron chi connectivity index (χ4n) is 3.05. The Kier molecular flexibility index (Phi) is 9.21. The maximum atomic E-state index is 4.99. The van der Waals surface area contributed by atoms with Gasteiger partial charge in [-0.15, -0.1) is 17.0 Å². The second-order valence-electron chi connectivity index (χ2n) is 5.64. The molecule has 0 aromatic carbocycles. The van der Waals surface area contributed by atoms with Gasteiger partial charge in [-0.1, -0.05) is 57.2 Å². The molecule has 112 valence electrons. The molecule has 0 amide bonds. The monoisotopic (exact) mass is 348 g/mol. The smallest absolute Gasteiger partial charge is 0.157 e. The van der Waals surface area contributed by atoms with E-state index in [1.807, 2.05) is 11.8 Å². The third-order valence-electron chi connectivity index (χ3n) is 4.09. The molecule has 0 spiro atoms. The lowest BCUT2D eigenvalue weighted by atomic mass is 9.95. The van der Waals surface area contributed by atoms with Crippen LogP contribution in [-0.2, 0) is 0 Å². The van der Waals surface area contributed by atoms with Crippen molar-refractivity contribution < 1.29 is 0 Å². The third-order valence-corrected chi connectivity index (χ3v) is 4.87. The van der Waals surface area contributed by atoms with E-state index in [0.717, 1.165) is 5.75 Å². The van der Waals surface area contributed by atoms with Gasteiger partial charge in [-0.2, -0.15) is 0 Å². The predicted molar refractivity (Wildman–Crippen MR) is 92.8 cm³/mol. The molecule has 2 saturated carbocycles. The Bertz CT molecular complexity index is 259. The summed E-state index contributed by atoms with van der Waals surface area (Å²) < 4.78 is 0. The first kappa shape index (κ1) is 17.4. The predicted octanol–water partition coefficient (Wildman–Crippen LogP) is 4.93. The highest BCUT2D eigenvalue weighted by molar-refractivity contribution is 8.93. The van der Waals surface area contributed by atoms with Gasteiger partial charge in [0.15, 0.2) is 5.17 Å². The summed E-state index contributed by atoms with van der Waals surface area (Å²) in [6.45, 7) is 2.23. The van der Waals surface area contributed by atoms with Crippen molar-refractivity contribution in [2.75, 3.05) is 5.75 Å². The van der Waals surface area contributed by atoms with Gasteiger partial charge in [0, 0.05) is 6.04 Å². The Morgan fingerprint density at radius 1 is 1.00 bits per heavy atom. The van der Waals surface area contributed by atoms with Gasteiger partial charge in [0.1, 0.15) is 0 Å². The number of amidine groups is 1. The van der Waals surface area contributed by atoms with Crippen molar-refractivity contribution in [1.82, 2.24) is 5.32 Å². The van der Waals surface area contributed by atoms with Crippen LogP contribution in [0.15, 0.2) is 4.99 Å². The van der Waals surface area contributed by atoms with Crippen LogP contribution in [0, 0.1) is 0 Å². The van der Waals surface area contributed by atoms with Gasteiger partial charge < -0.3 is 5.32 Å². The standard InChI is InChI=1S/C15H28N2S.BrH/c1-2-18-15(16-13-9-5-3-6-10-13)17-14-11-7-4-8-12-14;/h13-14H,2-12H2,1H3,(H,16,17);1H. The Morgan fingerprint density at radius 3 is 2.16 bits per heavy atom. The Hall–Kier alpha value is 0.300. The van der Waals surface area contributed by atoms with Crippen LogP contribution < -0.4 is 5.32 Å². The van der Waals surface area contributed by atoms with Crippen LogP contribution in [0.5, 0.6) is 0 Å². The first-order valence-electron chi connectivity index (χ1n) is 7.85. The molecule has 2 nitrogen and oxygen atoms in total. The molecule has 0 atom stereocenters. The number of halogens is 1. The first-order chi connectivity index (χ1) is 8.88. The molecule has 0 saturated heterocycles. The first-order valence-corrected chi connectivity index (χ1v) is 8.84. The van der Waals surface area contributed by atoms with E-state index in [0.29, 0.717) is 12.1 Å². The highest BCUT2D eigenvalue weighted by Gasteiger charge is 2.17. The third kappa shape index (κ3) is 6.52. The molecule has 4 heteroatoms. The summed E-state index contributed by atoms with van der Waals surface area (Å²) in [6, 6.07) is 1.30. The van der Waals surface area contributed by atoms with Crippen LogP contribution >= 0.6 is 28.7 Å². The highest BCUT2D eigenvalue weighted by atomic mass is 79.9. The molecule has 0 aliphatic heterocycles. The van der Waals surface area contributed by atoms with Gasteiger partial charge in [0.2, 0.25) is 0 Å².